The molecule has 0 unspecified atom stereocenters. The number of hydrogen-bond acceptors (Lipinski definition) is 4. The summed E-state index contributed by atoms with van der Waals surface area (Å²) >= 11 is 5.61. The third-order valence-electron chi connectivity index (χ3n) is 2.81. The zero-order valence-corrected chi connectivity index (χ0v) is 13.6. The molecule has 2 aromatic rings. The minimum absolute atomic E-state index is 0.0986. The monoisotopic (exact) mass is 357 g/mol. The predicted molar refractivity (Wildman–Crippen MR) is 85.1 cm³/mol. The van der Waals surface area contributed by atoms with Crippen molar-refractivity contribution < 1.29 is 22.3 Å². The van der Waals surface area contributed by atoms with E-state index < -0.39 is 21.6 Å². The summed E-state index contributed by atoms with van der Waals surface area (Å²) in [5, 5.41) is 2.41. The Labute approximate surface area is 138 Å². The van der Waals surface area contributed by atoms with Crippen LogP contribution in [0.1, 0.15) is 0 Å². The number of carbonyl (C=O) groups is 1. The normalized spacial score (nSPS) is 11.1. The van der Waals surface area contributed by atoms with Crippen molar-refractivity contribution in [2.24, 2.45) is 0 Å². The summed E-state index contributed by atoms with van der Waals surface area (Å²) in [4.78, 5) is 11.9. The van der Waals surface area contributed by atoms with Gasteiger partial charge in [-0.25, -0.2) is 12.8 Å². The van der Waals surface area contributed by atoms with Gasteiger partial charge in [0, 0.05) is 18.0 Å². The van der Waals surface area contributed by atoms with Crippen molar-refractivity contribution in [3.8, 4) is 5.75 Å². The Morgan fingerprint density at radius 2 is 2.00 bits per heavy atom. The number of nitrogens with one attached hydrogen (secondary N) is 1. The molecule has 2 aromatic carbocycles. The molecule has 0 fully saturated rings. The van der Waals surface area contributed by atoms with Crippen LogP contribution in [0.3, 0.4) is 0 Å². The molecule has 1 N–H and O–H groups in total. The maximum Gasteiger partial charge on any atom is 0.262 e. The van der Waals surface area contributed by atoms with Crippen molar-refractivity contribution in [3.63, 3.8) is 0 Å². The molecule has 0 aliphatic heterocycles. The smallest absolute Gasteiger partial charge is 0.262 e. The number of halogens is 2. The average Bonchev–Trinajstić information content (AvgIpc) is 2.48. The number of hydrogen-bond donors (Lipinski definition) is 1. The highest BCUT2D eigenvalue weighted by Crippen LogP contribution is 2.21. The minimum atomic E-state index is -3.36. The van der Waals surface area contributed by atoms with Gasteiger partial charge in [0.15, 0.2) is 16.4 Å². The molecule has 5 nitrogen and oxygen atoms in total. The Balaban J connectivity index is 1.98. The van der Waals surface area contributed by atoms with E-state index in [9.17, 15) is 17.6 Å². The van der Waals surface area contributed by atoms with Gasteiger partial charge in [0.25, 0.3) is 5.91 Å². The van der Waals surface area contributed by atoms with Gasteiger partial charge >= 0.3 is 0 Å². The van der Waals surface area contributed by atoms with Crippen LogP contribution in [0.4, 0.5) is 10.1 Å². The first kappa shape index (κ1) is 17.2. The van der Waals surface area contributed by atoms with Crippen molar-refractivity contribution in [3.05, 3.63) is 53.3 Å². The first-order valence-corrected chi connectivity index (χ1v) is 8.70. The number of benzene rings is 2. The summed E-state index contributed by atoms with van der Waals surface area (Å²) in [6, 6.07) is 9.59. The lowest BCUT2D eigenvalue weighted by Gasteiger charge is -2.09. The molecular formula is C15H13ClFNO4S. The van der Waals surface area contributed by atoms with Crippen LogP contribution in [-0.2, 0) is 14.6 Å². The number of sulfone groups is 1. The van der Waals surface area contributed by atoms with E-state index in [-0.39, 0.29) is 22.3 Å². The largest absolute Gasteiger partial charge is 0.484 e. The fraction of sp³-hybridized carbons (Fsp3) is 0.133. The molecule has 122 valence electrons. The minimum Gasteiger partial charge on any atom is -0.484 e. The van der Waals surface area contributed by atoms with E-state index in [1.807, 2.05) is 0 Å². The molecule has 23 heavy (non-hydrogen) atoms. The molecule has 0 aromatic heterocycles. The SMILES string of the molecule is CS(=O)(=O)c1cccc(NC(=O)COc2ccc(F)c(Cl)c2)c1. The molecule has 0 saturated heterocycles. The summed E-state index contributed by atoms with van der Waals surface area (Å²) in [5.74, 6) is -0.825. The quantitative estimate of drug-likeness (QED) is 0.893. The van der Waals surface area contributed by atoms with E-state index in [0.717, 1.165) is 12.3 Å². The Morgan fingerprint density at radius 3 is 2.65 bits per heavy atom. The lowest BCUT2D eigenvalue weighted by atomic mass is 10.3. The number of rotatable bonds is 5. The van der Waals surface area contributed by atoms with Gasteiger partial charge in [-0.3, -0.25) is 4.79 Å². The average molecular weight is 358 g/mol. The first-order chi connectivity index (χ1) is 10.8. The molecule has 0 spiro atoms. The number of ether oxygens (including phenoxy) is 1. The van der Waals surface area contributed by atoms with Gasteiger partial charge in [0.05, 0.1) is 9.92 Å². The standard InChI is InChI=1S/C15H13ClFNO4S/c1-23(20,21)12-4-2-3-10(7-12)18-15(19)9-22-11-5-6-14(17)13(16)8-11/h2-8H,9H2,1H3,(H,18,19). The molecule has 0 aliphatic rings. The van der Waals surface area contributed by atoms with Crippen LogP contribution >= 0.6 is 11.6 Å². The van der Waals surface area contributed by atoms with Gasteiger partial charge in [-0.15, -0.1) is 0 Å². The van der Waals surface area contributed by atoms with Gasteiger partial charge < -0.3 is 10.1 Å². The van der Waals surface area contributed by atoms with E-state index in [1.54, 1.807) is 6.07 Å². The van der Waals surface area contributed by atoms with Crippen molar-refractivity contribution in [1.82, 2.24) is 0 Å². The second kappa shape index (κ2) is 6.97. The lowest BCUT2D eigenvalue weighted by molar-refractivity contribution is -0.118. The van der Waals surface area contributed by atoms with E-state index in [1.165, 1.54) is 30.3 Å². The van der Waals surface area contributed by atoms with Gasteiger partial charge in [-0.1, -0.05) is 17.7 Å². The number of carbonyl (C=O) groups excluding carboxylic acids is 1. The highest BCUT2D eigenvalue weighted by molar-refractivity contribution is 7.90. The molecule has 2 rings (SSSR count). The summed E-state index contributed by atoms with van der Waals surface area (Å²) in [7, 11) is -3.36. The van der Waals surface area contributed by atoms with Crippen LogP contribution in [0, 0.1) is 5.82 Å². The first-order valence-electron chi connectivity index (χ1n) is 6.43. The predicted octanol–water partition coefficient (Wildman–Crippen LogP) is 2.90. The molecule has 0 heterocycles. The molecule has 0 atom stereocenters. The van der Waals surface area contributed by atoms with Crippen molar-refractivity contribution >= 4 is 33.0 Å². The fourth-order valence-electron chi connectivity index (χ4n) is 1.72. The second-order valence-electron chi connectivity index (χ2n) is 4.71. The van der Waals surface area contributed by atoms with Gasteiger partial charge in [-0.2, -0.15) is 0 Å². The Hall–Kier alpha value is -2.12. The summed E-state index contributed by atoms with van der Waals surface area (Å²) in [6.07, 6.45) is 1.08. The molecule has 0 radical (unpaired) electrons. The second-order valence-corrected chi connectivity index (χ2v) is 7.14. The Bertz CT molecular complexity index is 839. The van der Waals surface area contributed by atoms with E-state index >= 15 is 0 Å². The van der Waals surface area contributed by atoms with Crippen molar-refractivity contribution in [2.75, 3.05) is 18.2 Å². The maximum absolute atomic E-state index is 13.0. The lowest BCUT2D eigenvalue weighted by Crippen LogP contribution is -2.20. The van der Waals surface area contributed by atoms with Crippen LogP contribution in [-0.4, -0.2) is 27.2 Å². The van der Waals surface area contributed by atoms with E-state index in [0.29, 0.717) is 5.69 Å². The van der Waals surface area contributed by atoms with E-state index in [2.05, 4.69) is 5.32 Å². The molecule has 8 heteroatoms. The summed E-state index contributed by atoms with van der Waals surface area (Å²) < 4.78 is 41.1. The van der Waals surface area contributed by atoms with Gasteiger partial charge in [-0.05, 0) is 30.3 Å². The molecule has 0 bridgehead atoms. The zero-order chi connectivity index (χ0) is 17.0. The van der Waals surface area contributed by atoms with Crippen LogP contribution in [0.5, 0.6) is 5.75 Å². The third kappa shape index (κ3) is 4.94. The topological polar surface area (TPSA) is 72.5 Å². The third-order valence-corrected chi connectivity index (χ3v) is 4.21. The van der Waals surface area contributed by atoms with Crippen LogP contribution in [0.25, 0.3) is 0 Å². The maximum atomic E-state index is 13.0. The van der Waals surface area contributed by atoms with Gasteiger partial charge in [0.1, 0.15) is 11.6 Å². The highest BCUT2D eigenvalue weighted by Gasteiger charge is 2.10. The Kier molecular flexibility index (Phi) is 5.23. The van der Waals surface area contributed by atoms with E-state index in [4.69, 9.17) is 16.3 Å². The van der Waals surface area contributed by atoms with Crippen molar-refractivity contribution in [1.29, 1.82) is 0 Å². The molecular weight excluding hydrogens is 345 g/mol. The molecule has 0 saturated carbocycles. The Morgan fingerprint density at radius 1 is 1.26 bits per heavy atom. The van der Waals surface area contributed by atoms with Crippen LogP contribution in [0.15, 0.2) is 47.4 Å². The van der Waals surface area contributed by atoms with Crippen molar-refractivity contribution in [2.45, 2.75) is 4.90 Å². The van der Waals surface area contributed by atoms with Crippen LogP contribution < -0.4 is 10.1 Å². The molecule has 1 amide bonds. The highest BCUT2D eigenvalue weighted by atomic mass is 35.5. The fourth-order valence-corrected chi connectivity index (χ4v) is 2.55. The number of anilines is 1. The number of amides is 1. The summed E-state index contributed by atoms with van der Waals surface area (Å²) in [6.45, 7) is -0.328. The summed E-state index contributed by atoms with van der Waals surface area (Å²) in [5.41, 5.74) is 0.332. The molecule has 0 aliphatic carbocycles. The van der Waals surface area contributed by atoms with Crippen LogP contribution in [0.2, 0.25) is 5.02 Å². The van der Waals surface area contributed by atoms with Gasteiger partial charge in [0.2, 0.25) is 0 Å². The zero-order valence-electron chi connectivity index (χ0n) is 12.0.